The topological polar surface area (TPSA) is 97.1 Å². The summed E-state index contributed by atoms with van der Waals surface area (Å²) in [5, 5.41) is 11.4. The quantitative estimate of drug-likeness (QED) is 0.434. The molecule has 0 aliphatic rings. The third-order valence-corrected chi connectivity index (χ3v) is 4.84. The first kappa shape index (κ1) is 19.4. The standard InChI is InChI=1S/C17H20ClN7OS/c1-4-19-14-21-15(20-5-2)25-16(22-14)23-17(24-25)27-10(3)13(26)11-6-8-12(18)9-7-11/h6-10H,4-5H2,1-3H3,(H2,19,20,21,22,23,24)/t10-/m0/s1. The number of benzene rings is 1. The molecule has 2 N–H and O–H groups in total. The van der Waals surface area contributed by atoms with Crippen molar-refractivity contribution in [1.29, 1.82) is 0 Å². The molecule has 3 rings (SSSR count). The van der Waals surface area contributed by atoms with Crippen LogP contribution in [0.1, 0.15) is 31.1 Å². The molecule has 0 fully saturated rings. The third kappa shape index (κ3) is 4.48. The summed E-state index contributed by atoms with van der Waals surface area (Å²) in [5.41, 5.74) is 0.603. The van der Waals surface area contributed by atoms with Gasteiger partial charge in [0.25, 0.3) is 5.78 Å². The summed E-state index contributed by atoms with van der Waals surface area (Å²) in [6, 6.07) is 6.85. The van der Waals surface area contributed by atoms with Gasteiger partial charge in [0.2, 0.25) is 17.1 Å². The lowest BCUT2D eigenvalue weighted by atomic mass is 10.1. The average molecular weight is 406 g/mol. The van der Waals surface area contributed by atoms with Gasteiger partial charge in [-0.05, 0) is 45.0 Å². The molecular weight excluding hydrogens is 386 g/mol. The molecule has 0 radical (unpaired) electrons. The van der Waals surface area contributed by atoms with Gasteiger partial charge in [0.15, 0.2) is 5.78 Å². The van der Waals surface area contributed by atoms with Gasteiger partial charge in [0.1, 0.15) is 0 Å². The number of fused-ring (bicyclic) bond motifs is 1. The summed E-state index contributed by atoms with van der Waals surface area (Å²) in [7, 11) is 0. The predicted octanol–water partition coefficient (Wildman–Crippen LogP) is 3.40. The van der Waals surface area contributed by atoms with Crippen LogP contribution in [0.3, 0.4) is 0 Å². The van der Waals surface area contributed by atoms with Crippen molar-refractivity contribution in [2.24, 2.45) is 0 Å². The Balaban J connectivity index is 1.84. The van der Waals surface area contributed by atoms with Crippen LogP contribution < -0.4 is 10.6 Å². The van der Waals surface area contributed by atoms with Gasteiger partial charge in [-0.25, -0.2) is 0 Å². The first-order chi connectivity index (χ1) is 13.0. The molecule has 10 heteroatoms. The van der Waals surface area contributed by atoms with E-state index in [0.29, 0.717) is 46.5 Å². The second-order valence-electron chi connectivity index (χ2n) is 5.67. The van der Waals surface area contributed by atoms with Gasteiger partial charge in [-0.3, -0.25) is 4.79 Å². The summed E-state index contributed by atoms with van der Waals surface area (Å²) >= 11 is 7.16. The van der Waals surface area contributed by atoms with Crippen LogP contribution in [-0.2, 0) is 0 Å². The molecule has 1 aromatic carbocycles. The summed E-state index contributed by atoms with van der Waals surface area (Å²) in [5.74, 6) is 1.44. The Kier molecular flexibility index (Phi) is 6.12. The van der Waals surface area contributed by atoms with Crippen molar-refractivity contribution in [3.63, 3.8) is 0 Å². The molecule has 0 saturated carbocycles. The van der Waals surface area contributed by atoms with Crippen LogP contribution in [0.25, 0.3) is 5.78 Å². The van der Waals surface area contributed by atoms with Crippen LogP contribution in [0.5, 0.6) is 0 Å². The van der Waals surface area contributed by atoms with Crippen LogP contribution in [0.4, 0.5) is 11.9 Å². The normalized spacial score (nSPS) is 12.1. The van der Waals surface area contributed by atoms with E-state index >= 15 is 0 Å². The Hall–Kier alpha value is -2.39. The molecule has 27 heavy (non-hydrogen) atoms. The monoisotopic (exact) mass is 405 g/mol. The molecule has 0 aliphatic carbocycles. The molecule has 0 aliphatic heterocycles. The van der Waals surface area contributed by atoms with Gasteiger partial charge >= 0.3 is 0 Å². The molecular formula is C17H20ClN7OS. The number of halogens is 1. The minimum atomic E-state index is -0.354. The van der Waals surface area contributed by atoms with Crippen molar-refractivity contribution >= 4 is 46.8 Å². The SMILES string of the molecule is CCNc1nc(NCC)n2nc(S[C@@H](C)C(=O)c3ccc(Cl)cc3)nc2n1. The number of ketones is 1. The van der Waals surface area contributed by atoms with Crippen LogP contribution in [0.2, 0.25) is 5.02 Å². The zero-order chi connectivity index (χ0) is 19.4. The van der Waals surface area contributed by atoms with E-state index in [0.717, 1.165) is 0 Å². The molecule has 8 nitrogen and oxygen atoms in total. The molecule has 0 spiro atoms. The number of nitrogens with one attached hydrogen (secondary N) is 2. The number of carbonyl (C=O) groups is 1. The molecule has 142 valence electrons. The van der Waals surface area contributed by atoms with E-state index in [4.69, 9.17) is 11.6 Å². The molecule has 1 atom stereocenters. The van der Waals surface area contributed by atoms with E-state index < -0.39 is 0 Å². The number of nitrogens with zero attached hydrogens (tertiary/aromatic N) is 5. The summed E-state index contributed by atoms with van der Waals surface area (Å²) in [6.45, 7) is 7.15. The fourth-order valence-corrected chi connectivity index (χ4v) is 3.34. The molecule has 2 heterocycles. The van der Waals surface area contributed by atoms with E-state index in [2.05, 4.69) is 30.7 Å². The minimum Gasteiger partial charge on any atom is -0.354 e. The lowest BCUT2D eigenvalue weighted by Gasteiger charge is -2.07. The van der Waals surface area contributed by atoms with Crippen LogP contribution in [-0.4, -0.2) is 48.7 Å². The van der Waals surface area contributed by atoms with E-state index in [1.807, 2.05) is 20.8 Å². The van der Waals surface area contributed by atoms with Crippen LogP contribution in [0, 0.1) is 0 Å². The lowest BCUT2D eigenvalue weighted by Crippen LogP contribution is -2.13. The lowest BCUT2D eigenvalue weighted by molar-refractivity contribution is 0.0994. The zero-order valence-corrected chi connectivity index (χ0v) is 16.8. The van der Waals surface area contributed by atoms with Crippen molar-refractivity contribution < 1.29 is 4.79 Å². The average Bonchev–Trinajstić information content (AvgIpc) is 3.05. The predicted molar refractivity (Wildman–Crippen MR) is 108 cm³/mol. The highest BCUT2D eigenvalue weighted by molar-refractivity contribution is 8.00. The van der Waals surface area contributed by atoms with Gasteiger partial charge in [-0.1, -0.05) is 23.4 Å². The minimum absolute atomic E-state index is 0.0122. The van der Waals surface area contributed by atoms with Gasteiger partial charge in [0, 0.05) is 23.7 Å². The van der Waals surface area contributed by atoms with Crippen molar-refractivity contribution in [2.45, 2.75) is 31.2 Å². The number of thioether (sulfide) groups is 1. The van der Waals surface area contributed by atoms with Gasteiger partial charge in [0.05, 0.1) is 5.25 Å². The van der Waals surface area contributed by atoms with Crippen molar-refractivity contribution in [2.75, 3.05) is 23.7 Å². The van der Waals surface area contributed by atoms with E-state index in [1.54, 1.807) is 28.8 Å². The molecule has 0 amide bonds. The second kappa shape index (κ2) is 8.53. The number of hydrogen-bond acceptors (Lipinski definition) is 8. The first-order valence-electron chi connectivity index (χ1n) is 8.60. The molecule has 3 aromatic rings. The Morgan fingerprint density at radius 3 is 2.52 bits per heavy atom. The van der Waals surface area contributed by atoms with Crippen molar-refractivity contribution in [3.8, 4) is 0 Å². The fourth-order valence-electron chi connectivity index (χ4n) is 2.39. The Bertz CT molecular complexity index is 944. The number of aromatic nitrogens is 5. The highest BCUT2D eigenvalue weighted by Crippen LogP contribution is 2.24. The maximum Gasteiger partial charge on any atom is 0.259 e. The fraction of sp³-hybridized carbons (Fsp3) is 0.353. The van der Waals surface area contributed by atoms with Crippen molar-refractivity contribution in [3.05, 3.63) is 34.9 Å². The number of Topliss-reactive ketones (excluding diaryl/α,β-unsaturated/α-hetero) is 1. The van der Waals surface area contributed by atoms with Gasteiger partial charge in [-0.2, -0.15) is 19.5 Å². The zero-order valence-electron chi connectivity index (χ0n) is 15.2. The van der Waals surface area contributed by atoms with E-state index in [9.17, 15) is 4.79 Å². The number of anilines is 2. The van der Waals surface area contributed by atoms with Gasteiger partial charge < -0.3 is 10.6 Å². The molecule has 0 saturated heterocycles. The third-order valence-electron chi connectivity index (χ3n) is 3.64. The second-order valence-corrected chi connectivity index (χ2v) is 7.41. The molecule has 0 unspecified atom stereocenters. The largest absolute Gasteiger partial charge is 0.354 e. The summed E-state index contributed by atoms with van der Waals surface area (Å²) in [6.07, 6.45) is 0. The highest BCUT2D eigenvalue weighted by Gasteiger charge is 2.20. The maximum absolute atomic E-state index is 12.6. The molecule has 2 aromatic heterocycles. The Labute approximate surface area is 166 Å². The summed E-state index contributed by atoms with van der Waals surface area (Å²) < 4.78 is 1.55. The van der Waals surface area contributed by atoms with E-state index in [-0.39, 0.29) is 11.0 Å². The first-order valence-corrected chi connectivity index (χ1v) is 9.86. The Morgan fingerprint density at radius 2 is 1.85 bits per heavy atom. The highest BCUT2D eigenvalue weighted by atomic mass is 35.5. The van der Waals surface area contributed by atoms with Gasteiger partial charge in [-0.15, -0.1) is 5.10 Å². The smallest absolute Gasteiger partial charge is 0.259 e. The number of hydrogen-bond donors (Lipinski definition) is 2. The van der Waals surface area contributed by atoms with Crippen molar-refractivity contribution in [1.82, 2.24) is 24.6 Å². The number of carbonyl (C=O) groups excluding carboxylic acids is 1. The summed E-state index contributed by atoms with van der Waals surface area (Å²) in [4.78, 5) is 25.8. The Morgan fingerprint density at radius 1 is 1.15 bits per heavy atom. The van der Waals surface area contributed by atoms with Crippen LogP contribution in [0.15, 0.2) is 29.4 Å². The number of rotatable bonds is 8. The van der Waals surface area contributed by atoms with Crippen LogP contribution >= 0.6 is 23.4 Å². The maximum atomic E-state index is 12.6. The van der Waals surface area contributed by atoms with E-state index in [1.165, 1.54) is 11.8 Å². The molecule has 0 bridgehead atoms.